The van der Waals surface area contributed by atoms with E-state index in [4.69, 9.17) is 16.3 Å². The summed E-state index contributed by atoms with van der Waals surface area (Å²) in [6.45, 7) is 1.40. The molecule has 0 saturated heterocycles. The Morgan fingerprint density at radius 3 is 2.65 bits per heavy atom. The lowest BCUT2D eigenvalue weighted by Gasteiger charge is -2.14. The van der Waals surface area contributed by atoms with Crippen molar-refractivity contribution >= 4 is 11.6 Å². The summed E-state index contributed by atoms with van der Waals surface area (Å²) in [4.78, 5) is 0. The minimum absolute atomic E-state index is 0.100. The molecule has 1 N–H and O–H groups in total. The van der Waals surface area contributed by atoms with Crippen molar-refractivity contribution < 1.29 is 18.6 Å². The van der Waals surface area contributed by atoms with Crippen LogP contribution in [0.25, 0.3) is 0 Å². The highest BCUT2D eigenvalue weighted by Crippen LogP contribution is 2.28. The molecule has 2 aromatic rings. The van der Waals surface area contributed by atoms with Gasteiger partial charge in [-0.2, -0.15) is 0 Å². The van der Waals surface area contributed by atoms with Crippen molar-refractivity contribution in [3.8, 4) is 5.75 Å². The van der Waals surface area contributed by atoms with Crippen molar-refractivity contribution in [2.75, 3.05) is 0 Å². The molecule has 0 heterocycles. The Hall–Kier alpha value is -1.65. The van der Waals surface area contributed by atoms with Gasteiger partial charge in [0.1, 0.15) is 24.0 Å². The van der Waals surface area contributed by atoms with Crippen molar-refractivity contribution in [2.45, 2.75) is 19.6 Å². The van der Waals surface area contributed by atoms with Crippen molar-refractivity contribution in [1.29, 1.82) is 0 Å². The lowest BCUT2D eigenvalue weighted by atomic mass is 10.1. The molecule has 2 rings (SSSR count). The molecule has 20 heavy (non-hydrogen) atoms. The van der Waals surface area contributed by atoms with Gasteiger partial charge < -0.3 is 9.84 Å². The van der Waals surface area contributed by atoms with Gasteiger partial charge in [-0.15, -0.1) is 0 Å². The monoisotopic (exact) mass is 298 g/mol. The third kappa shape index (κ3) is 3.26. The maximum atomic E-state index is 13.6. The van der Waals surface area contributed by atoms with Gasteiger partial charge in [0.2, 0.25) is 0 Å². The lowest BCUT2D eigenvalue weighted by molar-refractivity contribution is 0.189. The fourth-order valence-corrected chi connectivity index (χ4v) is 2.01. The van der Waals surface area contributed by atoms with Crippen LogP contribution in [0.3, 0.4) is 0 Å². The van der Waals surface area contributed by atoms with E-state index in [0.717, 1.165) is 0 Å². The number of benzene rings is 2. The number of aliphatic hydroxyl groups is 1. The molecule has 0 fully saturated rings. The Morgan fingerprint density at radius 2 is 2.00 bits per heavy atom. The summed E-state index contributed by atoms with van der Waals surface area (Å²) in [5.41, 5.74) is 0.521. The largest absolute Gasteiger partial charge is 0.488 e. The van der Waals surface area contributed by atoms with E-state index in [2.05, 4.69) is 0 Å². The van der Waals surface area contributed by atoms with Crippen molar-refractivity contribution in [3.63, 3.8) is 0 Å². The number of hydrogen-bond donors (Lipinski definition) is 1. The van der Waals surface area contributed by atoms with Gasteiger partial charge in [-0.05, 0) is 37.3 Å². The van der Waals surface area contributed by atoms with E-state index in [-0.39, 0.29) is 17.2 Å². The van der Waals surface area contributed by atoms with Crippen LogP contribution in [0.15, 0.2) is 36.4 Å². The molecule has 2 nitrogen and oxygen atoms in total. The van der Waals surface area contributed by atoms with Crippen LogP contribution >= 0.6 is 11.6 Å². The van der Waals surface area contributed by atoms with Crippen LogP contribution in [0.4, 0.5) is 8.78 Å². The van der Waals surface area contributed by atoms with E-state index in [1.165, 1.54) is 37.3 Å². The molecule has 0 bridgehead atoms. The maximum Gasteiger partial charge on any atom is 0.131 e. The zero-order chi connectivity index (χ0) is 14.7. The molecule has 0 amide bonds. The molecule has 5 heteroatoms. The zero-order valence-electron chi connectivity index (χ0n) is 10.7. The van der Waals surface area contributed by atoms with Crippen LogP contribution < -0.4 is 4.74 Å². The van der Waals surface area contributed by atoms with Gasteiger partial charge in [-0.25, -0.2) is 8.78 Å². The van der Waals surface area contributed by atoms with Gasteiger partial charge in [-0.3, -0.25) is 0 Å². The molecule has 0 unspecified atom stereocenters. The van der Waals surface area contributed by atoms with Crippen LogP contribution in [0.2, 0.25) is 5.02 Å². The predicted octanol–water partition coefficient (Wildman–Crippen LogP) is 4.25. The van der Waals surface area contributed by atoms with Crippen LogP contribution in [-0.2, 0) is 6.61 Å². The first-order chi connectivity index (χ1) is 9.49. The van der Waals surface area contributed by atoms with E-state index in [9.17, 15) is 13.9 Å². The first-order valence-electron chi connectivity index (χ1n) is 6.02. The van der Waals surface area contributed by atoms with E-state index < -0.39 is 17.7 Å². The molecule has 2 aromatic carbocycles. The number of ether oxygens (including phenoxy) is 1. The highest BCUT2D eigenvalue weighted by Gasteiger charge is 2.13. The summed E-state index contributed by atoms with van der Waals surface area (Å²) in [6, 6.07) is 8.13. The fourth-order valence-electron chi connectivity index (χ4n) is 1.80. The molecule has 0 spiro atoms. The summed E-state index contributed by atoms with van der Waals surface area (Å²) >= 11 is 5.89. The van der Waals surface area contributed by atoms with Gasteiger partial charge in [0.15, 0.2) is 0 Å². The Labute approximate surface area is 120 Å². The molecule has 0 aliphatic rings. The first-order valence-corrected chi connectivity index (χ1v) is 6.40. The minimum Gasteiger partial charge on any atom is -0.488 e. The second-order valence-corrected chi connectivity index (χ2v) is 4.75. The highest BCUT2D eigenvalue weighted by atomic mass is 35.5. The number of halogens is 3. The Morgan fingerprint density at radius 1 is 1.25 bits per heavy atom. The zero-order valence-corrected chi connectivity index (χ0v) is 11.5. The Bertz CT molecular complexity index is 595. The van der Waals surface area contributed by atoms with Gasteiger partial charge in [0.05, 0.1) is 11.1 Å². The maximum absolute atomic E-state index is 13.6. The molecule has 0 aromatic heterocycles. The van der Waals surface area contributed by atoms with Crippen molar-refractivity contribution in [1.82, 2.24) is 0 Å². The lowest BCUT2D eigenvalue weighted by Crippen LogP contribution is -2.03. The molecule has 0 aliphatic heterocycles. The van der Waals surface area contributed by atoms with E-state index in [1.54, 1.807) is 6.07 Å². The Balaban J connectivity index is 2.23. The van der Waals surface area contributed by atoms with Gasteiger partial charge in [-0.1, -0.05) is 17.7 Å². The van der Waals surface area contributed by atoms with Gasteiger partial charge in [0.25, 0.3) is 0 Å². The van der Waals surface area contributed by atoms with Crippen molar-refractivity contribution in [2.24, 2.45) is 0 Å². The topological polar surface area (TPSA) is 29.5 Å². The summed E-state index contributed by atoms with van der Waals surface area (Å²) in [5, 5.41) is 9.84. The summed E-state index contributed by atoms with van der Waals surface area (Å²) in [6.07, 6.45) is -0.892. The van der Waals surface area contributed by atoms with E-state index >= 15 is 0 Å². The van der Waals surface area contributed by atoms with Gasteiger partial charge >= 0.3 is 0 Å². The standard InChI is InChI=1S/C15H13ClF2O2/c1-9(19)11-7-10(17)5-6-15(11)20-8-12-13(16)3-2-4-14(12)18/h2-7,9,19H,8H2,1H3/t9-/m1/s1. The van der Waals surface area contributed by atoms with E-state index in [0.29, 0.717) is 11.3 Å². The molecule has 0 saturated carbocycles. The van der Waals surface area contributed by atoms with Gasteiger partial charge in [0, 0.05) is 11.1 Å². The summed E-state index contributed by atoms with van der Waals surface area (Å²) in [7, 11) is 0. The quantitative estimate of drug-likeness (QED) is 0.914. The summed E-state index contributed by atoms with van der Waals surface area (Å²) < 4.78 is 32.2. The van der Waals surface area contributed by atoms with E-state index in [1.807, 2.05) is 0 Å². The average molecular weight is 299 g/mol. The average Bonchev–Trinajstić information content (AvgIpc) is 2.39. The van der Waals surface area contributed by atoms with Crippen LogP contribution in [0, 0.1) is 11.6 Å². The number of hydrogen-bond acceptors (Lipinski definition) is 2. The summed E-state index contributed by atoms with van der Waals surface area (Å²) in [5.74, 6) is -0.656. The molecule has 0 radical (unpaired) electrons. The Kier molecular flexibility index (Phi) is 4.57. The van der Waals surface area contributed by atoms with Crippen LogP contribution in [0.1, 0.15) is 24.2 Å². The second kappa shape index (κ2) is 6.20. The predicted molar refractivity (Wildman–Crippen MR) is 72.8 cm³/mol. The second-order valence-electron chi connectivity index (χ2n) is 4.35. The smallest absolute Gasteiger partial charge is 0.131 e. The normalized spacial score (nSPS) is 12.2. The van der Waals surface area contributed by atoms with Crippen molar-refractivity contribution in [3.05, 3.63) is 64.2 Å². The molecule has 0 aliphatic carbocycles. The molecular weight excluding hydrogens is 286 g/mol. The third-order valence-corrected chi connectivity index (χ3v) is 3.21. The minimum atomic E-state index is -0.892. The fraction of sp³-hybridized carbons (Fsp3) is 0.200. The van der Waals surface area contributed by atoms with Crippen LogP contribution in [-0.4, -0.2) is 5.11 Å². The number of aliphatic hydroxyl groups excluding tert-OH is 1. The SMILES string of the molecule is C[C@@H](O)c1cc(F)ccc1OCc1c(F)cccc1Cl. The van der Waals surface area contributed by atoms with Crippen LogP contribution in [0.5, 0.6) is 5.75 Å². The highest BCUT2D eigenvalue weighted by molar-refractivity contribution is 6.31. The third-order valence-electron chi connectivity index (χ3n) is 2.86. The molecular formula is C15H13ClF2O2. The molecule has 1 atom stereocenters. The molecule has 106 valence electrons. The first kappa shape index (κ1) is 14.8. The number of rotatable bonds is 4.